The molecule has 1 aliphatic rings. The van der Waals surface area contributed by atoms with Crippen molar-refractivity contribution < 1.29 is 22.7 Å². The Balaban J connectivity index is 1.55. The van der Waals surface area contributed by atoms with Crippen molar-refractivity contribution in [3.8, 4) is 5.75 Å². The first kappa shape index (κ1) is 26.2. The minimum atomic E-state index is -4.07. The molecular formula is C28H31N3O5S. The number of carbonyl (C=O) groups excluding carboxylic acids is 2. The molecule has 37 heavy (non-hydrogen) atoms. The average molecular weight is 522 g/mol. The van der Waals surface area contributed by atoms with E-state index in [1.54, 1.807) is 66.7 Å². The lowest BCUT2D eigenvalue weighted by molar-refractivity contribution is -0.114. The summed E-state index contributed by atoms with van der Waals surface area (Å²) >= 11 is 0. The largest absolute Gasteiger partial charge is 0.497 e. The summed E-state index contributed by atoms with van der Waals surface area (Å²) in [6, 6.07) is 21.3. The number of anilines is 2. The third-order valence-corrected chi connectivity index (χ3v) is 8.15. The maximum Gasteiger partial charge on any atom is 0.264 e. The summed E-state index contributed by atoms with van der Waals surface area (Å²) in [5.41, 5.74) is 1.01. The molecule has 0 unspecified atom stereocenters. The monoisotopic (exact) mass is 521 g/mol. The standard InChI is InChI=1S/C28H31N3O5S/c1-36-23-16-18-24(19-17-23)37(34,35)31(22-12-6-3-7-13-22)20-27(32)30-26-15-9-8-14-25(26)28(33)29-21-10-4-2-5-11-21/h3,6-9,12-19,21H,2,4-5,10-11,20H2,1H3,(H,29,33)(H,30,32). The number of sulfonamides is 1. The predicted molar refractivity (Wildman–Crippen MR) is 143 cm³/mol. The summed E-state index contributed by atoms with van der Waals surface area (Å²) in [5, 5.41) is 5.81. The lowest BCUT2D eigenvalue weighted by Crippen LogP contribution is -2.39. The van der Waals surface area contributed by atoms with Gasteiger partial charge in [0.2, 0.25) is 5.91 Å². The molecule has 0 saturated heterocycles. The van der Waals surface area contributed by atoms with Gasteiger partial charge in [-0.05, 0) is 61.4 Å². The van der Waals surface area contributed by atoms with Crippen LogP contribution < -0.4 is 19.7 Å². The third-order valence-electron chi connectivity index (χ3n) is 6.36. The second-order valence-electron chi connectivity index (χ2n) is 8.92. The molecule has 0 radical (unpaired) electrons. The maximum absolute atomic E-state index is 13.6. The highest BCUT2D eigenvalue weighted by Crippen LogP contribution is 2.26. The molecule has 0 aliphatic heterocycles. The van der Waals surface area contributed by atoms with E-state index in [4.69, 9.17) is 4.74 Å². The molecule has 3 aromatic carbocycles. The van der Waals surface area contributed by atoms with E-state index in [9.17, 15) is 18.0 Å². The second-order valence-corrected chi connectivity index (χ2v) is 10.8. The second kappa shape index (κ2) is 11.9. The van der Waals surface area contributed by atoms with Gasteiger partial charge in [-0.15, -0.1) is 0 Å². The Morgan fingerprint density at radius 3 is 2.22 bits per heavy atom. The van der Waals surface area contributed by atoms with Gasteiger partial charge in [0, 0.05) is 6.04 Å². The smallest absolute Gasteiger partial charge is 0.264 e. The van der Waals surface area contributed by atoms with Crippen LogP contribution in [-0.4, -0.2) is 39.9 Å². The van der Waals surface area contributed by atoms with Crippen LogP contribution in [0.4, 0.5) is 11.4 Å². The molecule has 1 fully saturated rings. The van der Waals surface area contributed by atoms with Crippen LogP contribution in [0.15, 0.2) is 83.8 Å². The molecular weight excluding hydrogens is 490 g/mol. The van der Waals surface area contributed by atoms with Crippen LogP contribution in [0.1, 0.15) is 42.5 Å². The van der Waals surface area contributed by atoms with Gasteiger partial charge in [0.05, 0.1) is 28.9 Å². The molecule has 1 saturated carbocycles. The van der Waals surface area contributed by atoms with E-state index >= 15 is 0 Å². The fourth-order valence-electron chi connectivity index (χ4n) is 4.40. The topological polar surface area (TPSA) is 105 Å². The van der Waals surface area contributed by atoms with Crippen molar-refractivity contribution in [2.45, 2.75) is 43.0 Å². The highest BCUT2D eigenvalue weighted by Gasteiger charge is 2.28. The van der Waals surface area contributed by atoms with E-state index in [0.29, 0.717) is 22.7 Å². The highest BCUT2D eigenvalue weighted by molar-refractivity contribution is 7.92. The van der Waals surface area contributed by atoms with Crippen molar-refractivity contribution in [3.05, 3.63) is 84.4 Å². The van der Waals surface area contributed by atoms with Crippen LogP contribution in [0.25, 0.3) is 0 Å². The van der Waals surface area contributed by atoms with Gasteiger partial charge in [-0.3, -0.25) is 13.9 Å². The first-order valence-corrected chi connectivity index (χ1v) is 13.7. The maximum atomic E-state index is 13.6. The van der Waals surface area contributed by atoms with Crippen LogP contribution in [0.2, 0.25) is 0 Å². The number of para-hydroxylation sites is 2. The number of ether oxygens (including phenoxy) is 1. The van der Waals surface area contributed by atoms with Crippen LogP contribution in [0.3, 0.4) is 0 Å². The van der Waals surface area contributed by atoms with E-state index < -0.39 is 22.5 Å². The zero-order chi connectivity index (χ0) is 26.3. The molecule has 1 aliphatic carbocycles. The van der Waals surface area contributed by atoms with Crippen molar-refractivity contribution >= 4 is 33.2 Å². The molecule has 2 amide bonds. The third kappa shape index (κ3) is 6.48. The van der Waals surface area contributed by atoms with Crippen LogP contribution in [0, 0.1) is 0 Å². The first-order chi connectivity index (χ1) is 17.9. The van der Waals surface area contributed by atoms with E-state index in [2.05, 4.69) is 10.6 Å². The Morgan fingerprint density at radius 1 is 0.892 bits per heavy atom. The summed E-state index contributed by atoms with van der Waals surface area (Å²) in [6.45, 7) is -0.475. The van der Waals surface area contributed by atoms with E-state index in [-0.39, 0.29) is 16.8 Å². The molecule has 0 heterocycles. The van der Waals surface area contributed by atoms with Gasteiger partial charge in [0.15, 0.2) is 0 Å². The lowest BCUT2D eigenvalue weighted by atomic mass is 9.95. The van der Waals surface area contributed by atoms with Gasteiger partial charge in [-0.25, -0.2) is 8.42 Å². The summed E-state index contributed by atoms with van der Waals surface area (Å²) in [5.74, 6) is -0.307. The SMILES string of the molecule is COc1ccc(S(=O)(=O)N(CC(=O)Nc2ccccc2C(=O)NC2CCCCC2)c2ccccc2)cc1. The summed E-state index contributed by atoms with van der Waals surface area (Å²) < 4.78 is 33.3. The number of amides is 2. The van der Waals surface area contributed by atoms with Crippen molar-refractivity contribution in [1.29, 1.82) is 0 Å². The number of hydrogen-bond acceptors (Lipinski definition) is 5. The molecule has 3 aromatic rings. The quantitative estimate of drug-likeness (QED) is 0.429. The molecule has 9 heteroatoms. The Kier molecular flexibility index (Phi) is 8.45. The van der Waals surface area contributed by atoms with Gasteiger partial charge in [-0.1, -0.05) is 49.6 Å². The Bertz CT molecular complexity index is 1320. The molecule has 194 valence electrons. The van der Waals surface area contributed by atoms with E-state index in [0.717, 1.165) is 30.0 Å². The molecule has 4 rings (SSSR count). The molecule has 0 spiro atoms. The van der Waals surface area contributed by atoms with Crippen molar-refractivity contribution in [2.24, 2.45) is 0 Å². The number of benzene rings is 3. The predicted octanol–water partition coefficient (Wildman–Crippen LogP) is 4.59. The van der Waals surface area contributed by atoms with Gasteiger partial charge in [-0.2, -0.15) is 0 Å². The number of hydrogen-bond donors (Lipinski definition) is 2. The minimum Gasteiger partial charge on any atom is -0.497 e. The first-order valence-electron chi connectivity index (χ1n) is 12.3. The summed E-state index contributed by atoms with van der Waals surface area (Å²) in [4.78, 5) is 26.2. The number of nitrogens with one attached hydrogen (secondary N) is 2. The number of carbonyl (C=O) groups is 2. The number of nitrogens with zero attached hydrogens (tertiary/aromatic N) is 1. The van der Waals surface area contributed by atoms with E-state index in [1.165, 1.54) is 25.7 Å². The lowest BCUT2D eigenvalue weighted by Gasteiger charge is -2.25. The fraction of sp³-hybridized carbons (Fsp3) is 0.286. The zero-order valence-electron chi connectivity index (χ0n) is 20.7. The molecule has 0 atom stereocenters. The Labute approximate surface area is 217 Å². The van der Waals surface area contributed by atoms with E-state index in [1.807, 2.05) is 0 Å². The van der Waals surface area contributed by atoms with Crippen molar-refractivity contribution in [2.75, 3.05) is 23.3 Å². The minimum absolute atomic E-state index is 0.0252. The number of methoxy groups -OCH3 is 1. The molecule has 0 bridgehead atoms. The van der Waals surface area contributed by atoms with Gasteiger partial charge >= 0.3 is 0 Å². The molecule has 8 nitrogen and oxygen atoms in total. The average Bonchev–Trinajstić information content (AvgIpc) is 2.93. The zero-order valence-corrected chi connectivity index (χ0v) is 21.5. The molecule has 0 aromatic heterocycles. The van der Waals surface area contributed by atoms with Crippen molar-refractivity contribution in [3.63, 3.8) is 0 Å². The highest BCUT2D eigenvalue weighted by atomic mass is 32.2. The molecule has 2 N–H and O–H groups in total. The summed E-state index contributed by atoms with van der Waals surface area (Å²) in [6.07, 6.45) is 5.23. The van der Waals surface area contributed by atoms with Crippen LogP contribution >= 0.6 is 0 Å². The van der Waals surface area contributed by atoms with Gasteiger partial charge < -0.3 is 15.4 Å². The van der Waals surface area contributed by atoms with Crippen LogP contribution in [0.5, 0.6) is 5.75 Å². The van der Waals surface area contributed by atoms with Crippen LogP contribution in [-0.2, 0) is 14.8 Å². The normalized spacial score (nSPS) is 14.0. The van der Waals surface area contributed by atoms with Gasteiger partial charge in [0.25, 0.3) is 15.9 Å². The Hall–Kier alpha value is -3.85. The van der Waals surface area contributed by atoms with Crippen molar-refractivity contribution in [1.82, 2.24) is 5.32 Å². The summed E-state index contributed by atoms with van der Waals surface area (Å²) in [7, 11) is -2.58. The number of rotatable bonds is 9. The van der Waals surface area contributed by atoms with Gasteiger partial charge in [0.1, 0.15) is 12.3 Å². The fourth-order valence-corrected chi connectivity index (χ4v) is 5.83. The Morgan fingerprint density at radius 2 is 1.54 bits per heavy atom.